The number of rotatable bonds is 7. The predicted octanol–water partition coefficient (Wildman–Crippen LogP) is 7.38. The van der Waals surface area contributed by atoms with Crippen LogP contribution < -0.4 is 0 Å². The summed E-state index contributed by atoms with van der Waals surface area (Å²) in [6, 6.07) is 3.11. The maximum Gasteiger partial charge on any atom is 0.131 e. The second-order valence-electron chi connectivity index (χ2n) is 8.78. The van der Waals surface area contributed by atoms with E-state index >= 15 is 0 Å². The minimum absolute atomic E-state index is 0.0158. The van der Waals surface area contributed by atoms with E-state index in [0.29, 0.717) is 12.5 Å². The summed E-state index contributed by atoms with van der Waals surface area (Å²) in [6.45, 7) is 4.61. The maximum absolute atomic E-state index is 14.3. The van der Waals surface area contributed by atoms with Crippen molar-refractivity contribution >= 4 is 0 Å². The van der Waals surface area contributed by atoms with Crippen LogP contribution in [0, 0.1) is 29.4 Å². The molecule has 0 atom stereocenters. The third kappa shape index (κ3) is 5.31. The van der Waals surface area contributed by atoms with Crippen molar-refractivity contribution in [3.8, 4) is 0 Å². The van der Waals surface area contributed by atoms with Crippen LogP contribution in [-0.2, 0) is 11.3 Å². The average molecular weight is 379 g/mol. The number of hydrogen-bond donors (Lipinski definition) is 0. The summed E-state index contributed by atoms with van der Waals surface area (Å²) < 4.78 is 33.9. The van der Waals surface area contributed by atoms with Gasteiger partial charge in [0.25, 0.3) is 0 Å². The highest BCUT2D eigenvalue weighted by Crippen LogP contribution is 2.44. The van der Waals surface area contributed by atoms with Crippen LogP contribution in [0.2, 0.25) is 0 Å². The second-order valence-corrected chi connectivity index (χ2v) is 8.78. The quantitative estimate of drug-likeness (QED) is 0.481. The summed E-state index contributed by atoms with van der Waals surface area (Å²) in [5.74, 6) is 2.09. The van der Waals surface area contributed by atoms with E-state index in [9.17, 15) is 8.78 Å². The van der Waals surface area contributed by atoms with E-state index in [4.69, 9.17) is 4.74 Å². The minimum Gasteiger partial charge on any atom is -0.377 e. The van der Waals surface area contributed by atoms with Gasteiger partial charge in [0.05, 0.1) is 6.61 Å². The summed E-state index contributed by atoms with van der Waals surface area (Å²) in [6.07, 6.45) is 12.9. The molecular weight excluding hydrogens is 342 g/mol. The largest absolute Gasteiger partial charge is 0.377 e. The summed E-state index contributed by atoms with van der Waals surface area (Å²) >= 11 is 0. The molecular formula is C24H36F2O. The average Bonchev–Trinajstić information content (AvgIpc) is 2.68. The molecule has 2 fully saturated rings. The number of benzene rings is 1. The molecule has 0 unspecified atom stereocenters. The Morgan fingerprint density at radius 3 is 1.93 bits per heavy atom. The van der Waals surface area contributed by atoms with E-state index in [1.807, 2.05) is 6.92 Å². The Bertz CT molecular complexity index is 561. The molecule has 1 aromatic rings. The molecule has 152 valence electrons. The lowest BCUT2D eigenvalue weighted by Crippen LogP contribution is -2.25. The first-order chi connectivity index (χ1) is 13.1. The van der Waals surface area contributed by atoms with Gasteiger partial charge in [-0.25, -0.2) is 8.78 Å². The van der Waals surface area contributed by atoms with Gasteiger partial charge in [0.1, 0.15) is 11.6 Å². The van der Waals surface area contributed by atoms with E-state index in [-0.39, 0.29) is 12.2 Å². The highest BCUT2D eigenvalue weighted by Gasteiger charge is 2.31. The van der Waals surface area contributed by atoms with Crippen LogP contribution >= 0.6 is 0 Å². The first-order valence-corrected chi connectivity index (χ1v) is 11.2. The van der Waals surface area contributed by atoms with Crippen molar-refractivity contribution in [3.05, 3.63) is 34.9 Å². The summed E-state index contributed by atoms with van der Waals surface area (Å²) in [7, 11) is 0. The van der Waals surface area contributed by atoms with Gasteiger partial charge in [0.15, 0.2) is 0 Å². The van der Waals surface area contributed by atoms with Crippen molar-refractivity contribution in [1.29, 1.82) is 0 Å². The zero-order valence-electron chi connectivity index (χ0n) is 17.1. The van der Waals surface area contributed by atoms with Gasteiger partial charge in [0, 0.05) is 12.2 Å². The lowest BCUT2D eigenvalue weighted by molar-refractivity contribution is 0.128. The van der Waals surface area contributed by atoms with Crippen LogP contribution in [0.3, 0.4) is 0 Å². The van der Waals surface area contributed by atoms with Crippen LogP contribution in [0.15, 0.2) is 12.1 Å². The summed E-state index contributed by atoms with van der Waals surface area (Å²) in [5, 5.41) is 0. The smallest absolute Gasteiger partial charge is 0.131 e. The van der Waals surface area contributed by atoms with Gasteiger partial charge in [-0.15, -0.1) is 0 Å². The molecule has 2 aliphatic rings. The zero-order chi connectivity index (χ0) is 19.2. The van der Waals surface area contributed by atoms with Crippen LogP contribution in [-0.4, -0.2) is 6.61 Å². The van der Waals surface area contributed by atoms with Gasteiger partial charge < -0.3 is 4.74 Å². The first kappa shape index (κ1) is 20.8. The van der Waals surface area contributed by atoms with Gasteiger partial charge in [-0.2, -0.15) is 0 Å². The molecule has 27 heavy (non-hydrogen) atoms. The Kier molecular flexibility index (Phi) is 7.69. The van der Waals surface area contributed by atoms with E-state index in [1.165, 1.54) is 51.4 Å². The molecule has 0 bridgehead atoms. The molecule has 2 saturated carbocycles. The molecule has 0 aliphatic heterocycles. The SMILES string of the molecule is CCCC1CCC(C2CCC(c3cc(F)c(COCC)c(F)c3)CC2)CC1. The molecule has 1 nitrogen and oxygen atoms in total. The first-order valence-electron chi connectivity index (χ1n) is 11.2. The Labute approximate surface area is 163 Å². The Balaban J connectivity index is 1.53. The highest BCUT2D eigenvalue weighted by molar-refractivity contribution is 5.28. The summed E-state index contributed by atoms with van der Waals surface area (Å²) in [4.78, 5) is 0. The van der Waals surface area contributed by atoms with Crippen molar-refractivity contribution in [1.82, 2.24) is 0 Å². The zero-order valence-corrected chi connectivity index (χ0v) is 17.1. The van der Waals surface area contributed by atoms with E-state index in [1.54, 1.807) is 12.1 Å². The fourth-order valence-electron chi connectivity index (χ4n) is 5.48. The molecule has 0 amide bonds. The molecule has 3 heteroatoms. The standard InChI is InChI=1S/C24H36F2O/c1-3-5-17-6-8-18(9-7-17)19-10-12-20(13-11-19)21-14-23(25)22(16-27-4-2)24(26)15-21/h14-15,17-20H,3-13,16H2,1-2H3. The molecule has 1 aromatic carbocycles. The molecule has 0 radical (unpaired) electrons. The van der Waals surface area contributed by atoms with Gasteiger partial charge >= 0.3 is 0 Å². The minimum atomic E-state index is -0.449. The van der Waals surface area contributed by atoms with Crippen molar-refractivity contribution in [2.24, 2.45) is 17.8 Å². The summed E-state index contributed by atoms with van der Waals surface area (Å²) in [5.41, 5.74) is 0.911. The molecule has 0 N–H and O–H groups in total. The number of ether oxygens (including phenoxy) is 1. The number of halogens is 2. The normalized spacial score (nSPS) is 29.0. The molecule has 0 heterocycles. The van der Waals surface area contributed by atoms with Crippen LogP contribution in [0.1, 0.15) is 95.1 Å². The predicted molar refractivity (Wildman–Crippen MR) is 107 cm³/mol. The Hall–Kier alpha value is -0.960. The Morgan fingerprint density at radius 1 is 0.852 bits per heavy atom. The maximum atomic E-state index is 14.3. The number of hydrogen-bond acceptors (Lipinski definition) is 1. The van der Waals surface area contributed by atoms with E-state index in [2.05, 4.69) is 6.92 Å². The van der Waals surface area contributed by atoms with E-state index in [0.717, 1.165) is 36.2 Å². The van der Waals surface area contributed by atoms with Crippen molar-refractivity contribution in [3.63, 3.8) is 0 Å². The van der Waals surface area contributed by atoms with Crippen LogP contribution in [0.4, 0.5) is 8.78 Å². The lowest BCUT2D eigenvalue weighted by atomic mass is 9.68. The topological polar surface area (TPSA) is 9.23 Å². The second kappa shape index (κ2) is 10.0. The van der Waals surface area contributed by atoms with Crippen molar-refractivity contribution in [2.75, 3.05) is 6.61 Å². The van der Waals surface area contributed by atoms with Gasteiger partial charge in [0.2, 0.25) is 0 Å². The third-order valence-corrected chi connectivity index (χ3v) is 7.11. The fraction of sp³-hybridized carbons (Fsp3) is 0.750. The monoisotopic (exact) mass is 378 g/mol. The molecule has 3 rings (SSSR count). The van der Waals surface area contributed by atoms with Crippen LogP contribution in [0.25, 0.3) is 0 Å². The van der Waals surface area contributed by atoms with Crippen LogP contribution in [0.5, 0.6) is 0 Å². The molecule has 0 spiro atoms. The van der Waals surface area contributed by atoms with Crippen molar-refractivity contribution in [2.45, 2.75) is 90.6 Å². The molecule has 0 aromatic heterocycles. The lowest BCUT2D eigenvalue weighted by Gasteiger charge is -2.38. The fourth-order valence-corrected chi connectivity index (χ4v) is 5.48. The molecule has 0 saturated heterocycles. The third-order valence-electron chi connectivity index (χ3n) is 7.11. The van der Waals surface area contributed by atoms with Crippen molar-refractivity contribution < 1.29 is 13.5 Å². The van der Waals surface area contributed by atoms with Gasteiger partial charge in [-0.1, -0.05) is 32.6 Å². The Morgan fingerprint density at radius 2 is 1.41 bits per heavy atom. The van der Waals surface area contributed by atoms with Gasteiger partial charge in [-0.05, 0) is 86.8 Å². The highest BCUT2D eigenvalue weighted by atomic mass is 19.1. The molecule has 2 aliphatic carbocycles. The van der Waals surface area contributed by atoms with Gasteiger partial charge in [-0.3, -0.25) is 0 Å². The van der Waals surface area contributed by atoms with E-state index < -0.39 is 11.6 Å².